The van der Waals surface area contributed by atoms with E-state index in [4.69, 9.17) is 5.73 Å². The van der Waals surface area contributed by atoms with Crippen molar-refractivity contribution in [2.45, 2.75) is 0 Å². The van der Waals surface area contributed by atoms with Gasteiger partial charge >= 0.3 is 0 Å². The number of para-hydroxylation sites is 1. The number of carbonyl (C=O) groups is 1. The molecule has 1 aliphatic rings. The monoisotopic (exact) mass is 372 g/mol. The van der Waals surface area contributed by atoms with Crippen LogP contribution in [0.3, 0.4) is 0 Å². The lowest BCUT2D eigenvalue weighted by molar-refractivity contribution is 0.0741. The van der Waals surface area contributed by atoms with Crippen LogP contribution in [0.4, 0.5) is 15.8 Å². The molecule has 5 nitrogen and oxygen atoms in total. The van der Waals surface area contributed by atoms with Gasteiger partial charge in [-0.3, -0.25) is 4.79 Å². The van der Waals surface area contributed by atoms with Crippen LogP contribution in [-0.4, -0.2) is 42.0 Å². The maximum Gasteiger partial charge on any atom is 0.272 e. The molecule has 1 fully saturated rings. The summed E-state index contributed by atoms with van der Waals surface area (Å²) in [6, 6.07) is 9.98. The number of piperazine rings is 1. The Labute approximate surface area is 152 Å². The molecule has 2 N–H and O–H groups in total. The summed E-state index contributed by atoms with van der Waals surface area (Å²) in [5, 5.41) is 0. The highest BCUT2D eigenvalue weighted by Crippen LogP contribution is 2.20. The fourth-order valence-electron chi connectivity index (χ4n) is 2.55. The van der Waals surface area contributed by atoms with E-state index >= 15 is 0 Å². The van der Waals surface area contributed by atoms with E-state index in [-0.39, 0.29) is 36.5 Å². The van der Waals surface area contributed by atoms with E-state index < -0.39 is 0 Å². The Morgan fingerprint density at radius 1 is 1.04 bits per heavy atom. The smallest absolute Gasteiger partial charge is 0.272 e. The normalized spacial score (nSPS) is 13.7. The molecule has 2 aromatic rings. The summed E-state index contributed by atoms with van der Waals surface area (Å²) in [4.78, 5) is 20.1. The van der Waals surface area contributed by atoms with E-state index in [1.807, 2.05) is 11.0 Å². The summed E-state index contributed by atoms with van der Waals surface area (Å²) in [6.07, 6.45) is 1.48. The molecule has 3 rings (SSSR count). The van der Waals surface area contributed by atoms with Gasteiger partial charge in [0, 0.05) is 26.2 Å². The maximum absolute atomic E-state index is 13.8. The molecule has 1 saturated heterocycles. The number of nitrogens with two attached hydrogens (primary N) is 1. The molecule has 8 heteroatoms. The lowest BCUT2D eigenvalue weighted by atomic mass is 10.2. The summed E-state index contributed by atoms with van der Waals surface area (Å²) >= 11 is 0. The quantitative estimate of drug-likeness (QED) is 0.879. The number of nitrogen functional groups attached to an aromatic ring is 1. The Balaban J connectivity index is 0.00000144. The second-order valence-corrected chi connectivity index (χ2v) is 5.21. The number of aromatic nitrogens is 1. The third-order valence-corrected chi connectivity index (χ3v) is 3.77. The van der Waals surface area contributed by atoms with Crippen LogP contribution >= 0.6 is 24.8 Å². The number of hydrogen-bond donors (Lipinski definition) is 1. The van der Waals surface area contributed by atoms with Crippen LogP contribution in [0.2, 0.25) is 0 Å². The standard InChI is InChI=1S/C16H17FN4O.2ClH/c17-13-3-1-2-4-15(13)20-7-9-21(10-8-20)16(22)14-6-5-12(18)11-19-14;;/h1-6,11H,7-10,18H2;2*1H. The fraction of sp³-hybridized carbons (Fsp3) is 0.250. The summed E-state index contributed by atoms with van der Waals surface area (Å²) < 4.78 is 13.8. The Morgan fingerprint density at radius 2 is 1.71 bits per heavy atom. The number of hydrogen-bond acceptors (Lipinski definition) is 4. The van der Waals surface area contributed by atoms with Crippen LogP contribution in [-0.2, 0) is 0 Å². The minimum absolute atomic E-state index is 0. The van der Waals surface area contributed by atoms with Gasteiger partial charge in [0.05, 0.1) is 17.6 Å². The molecule has 1 aromatic carbocycles. The van der Waals surface area contributed by atoms with E-state index in [0.717, 1.165) is 0 Å². The minimum atomic E-state index is -0.234. The van der Waals surface area contributed by atoms with E-state index in [1.165, 1.54) is 12.3 Å². The molecular formula is C16H19Cl2FN4O. The van der Waals surface area contributed by atoms with Gasteiger partial charge in [0.25, 0.3) is 5.91 Å². The van der Waals surface area contributed by atoms with Crippen LogP contribution in [0.1, 0.15) is 10.5 Å². The van der Waals surface area contributed by atoms with Gasteiger partial charge in [-0.15, -0.1) is 24.8 Å². The predicted molar refractivity (Wildman–Crippen MR) is 97.7 cm³/mol. The van der Waals surface area contributed by atoms with Crippen molar-refractivity contribution in [1.29, 1.82) is 0 Å². The van der Waals surface area contributed by atoms with Gasteiger partial charge in [-0.05, 0) is 24.3 Å². The van der Waals surface area contributed by atoms with Crippen molar-refractivity contribution < 1.29 is 9.18 Å². The minimum Gasteiger partial charge on any atom is -0.397 e. The van der Waals surface area contributed by atoms with Gasteiger partial charge in [0.15, 0.2) is 0 Å². The Kier molecular flexibility index (Phi) is 7.25. The molecule has 1 aromatic heterocycles. The van der Waals surface area contributed by atoms with Gasteiger partial charge < -0.3 is 15.5 Å². The van der Waals surface area contributed by atoms with Crippen molar-refractivity contribution >= 4 is 42.1 Å². The SMILES string of the molecule is Cl.Cl.Nc1ccc(C(=O)N2CCN(c3ccccc3F)CC2)nc1. The fourth-order valence-corrected chi connectivity index (χ4v) is 2.55. The van der Waals surface area contributed by atoms with Crippen molar-refractivity contribution in [1.82, 2.24) is 9.88 Å². The highest BCUT2D eigenvalue weighted by atomic mass is 35.5. The molecule has 0 bridgehead atoms. The molecule has 1 amide bonds. The van der Waals surface area contributed by atoms with Crippen molar-refractivity contribution in [2.75, 3.05) is 36.8 Å². The van der Waals surface area contributed by atoms with E-state index in [9.17, 15) is 9.18 Å². The first kappa shape index (κ1) is 20.0. The molecule has 0 unspecified atom stereocenters. The average molecular weight is 373 g/mol. The lowest BCUT2D eigenvalue weighted by Gasteiger charge is -2.36. The molecule has 0 spiro atoms. The zero-order chi connectivity index (χ0) is 15.5. The second-order valence-electron chi connectivity index (χ2n) is 5.21. The third kappa shape index (κ3) is 4.27. The maximum atomic E-state index is 13.8. The largest absolute Gasteiger partial charge is 0.397 e. The first-order valence-electron chi connectivity index (χ1n) is 7.15. The molecule has 0 radical (unpaired) electrons. The number of halogens is 3. The molecule has 130 valence electrons. The first-order chi connectivity index (χ1) is 10.6. The molecule has 0 saturated carbocycles. The molecule has 0 aliphatic carbocycles. The van der Waals surface area contributed by atoms with Crippen LogP contribution in [0.15, 0.2) is 42.6 Å². The highest BCUT2D eigenvalue weighted by molar-refractivity contribution is 5.92. The van der Waals surface area contributed by atoms with Gasteiger partial charge in [-0.1, -0.05) is 12.1 Å². The van der Waals surface area contributed by atoms with Crippen LogP contribution in [0, 0.1) is 5.82 Å². The highest BCUT2D eigenvalue weighted by Gasteiger charge is 2.24. The zero-order valence-corrected chi connectivity index (χ0v) is 14.5. The number of benzene rings is 1. The van der Waals surface area contributed by atoms with Crippen LogP contribution < -0.4 is 10.6 Å². The third-order valence-electron chi connectivity index (χ3n) is 3.77. The van der Waals surface area contributed by atoms with Crippen molar-refractivity contribution in [3.63, 3.8) is 0 Å². The van der Waals surface area contributed by atoms with Gasteiger partial charge in [-0.25, -0.2) is 9.37 Å². The van der Waals surface area contributed by atoms with Gasteiger partial charge in [0.1, 0.15) is 11.5 Å². The zero-order valence-electron chi connectivity index (χ0n) is 12.9. The van der Waals surface area contributed by atoms with Crippen molar-refractivity contribution in [3.05, 3.63) is 54.1 Å². The van der Waals surface area contributed by atoms with Crippen molar-refractivity contribution in [2.24, 2.45) is 0 Å². The van der Waals surface area contributed by atoms with Gasteiger partial charge in [0.2, 0.25) is 0 Å². The lowest BCUT2D eigenvalue weighted by Crippen LogP contribution is -2.49. The topological polar surface area (TPSA) is 62.5 Å². The summed E-state index contributed by atoms with van der Waals surface area (Å²) in [7, 11) is 0. The van der Waals surface area contributed by atoms with E-state index in [0.29, 0.717) is 43.2 Å². The van der Waals surface area contributed by atoms with Gasteiger partial charge in [-0.2, -0.15) is 0 Å². The molecule has 24 heavy (non-hydrogen) atoms. The number of amides is 1. The average Bonchev–Trinajstić information content (AvgIpc) is 2.56. The second kappa shape index (κ2) is 8.70. The number of anilines is 2. The van der Waals surface area contributed by atoms with Crippen LogP contribution in [0.5, 0.6) is 0 Å². The summed E-state index contributed by atoms with van der Waals surface area (Å²) in [5.74, 6) is -0.351. The Morgan fingerprint density at radius 3 is 2.29 bits per heavy atom. The number of nitrogens with zero attached hydrogens (tertiary/aromatic N) is 3. The Hall–Kier alpha value is -2.05. The first-order valence-corrected chi connectivity index (χ1v) is 7.15. The number of rotatable bonds is 2. The molecule has 2 heterocycles. The number of pyridine rings is 1. The number of carbonyl (C=O) groups excluding carboxylic acids is 1. The molecule has 1 aliphatic heterocycles. The summed E-state index contributed by atoms with van der Waals surface area (Å²) in [6.45, 7) is 2.28. The van der Waals surface area contributed by atoms with Crippen LogP contribution in [0.25, 0.3) is 0 Å². The molecule has 0 atom stereocenters. The van der Waals surface area contributed by atoms with E-state index in [1.54, 1.807) is 29.2 Å². The molecular weight excluding hydrogens is 354 g/mol. The predicted octanol–water partition coefficient (Wildman–Crippen LogP) is 2.61. The summed E-state index contributed by atoms with van der Waals surface area (Å²) in [5.41, 5.74) is 7.07. The van der Waals surface area contributed by atoms with Crippen molar-refractivity contribution in [3.8, 4) is 0 Å². The van der Waals surface area contributed by atoms with E-state index in [2.05, 4.69) is 4.98 Å². The Bertz CT molecular complexity index is 676.